The SMILES string of the molecule is CCOC(=O)N1CCC(NC(=S)Nc2ccccc2[N+](=O)[O-])CC1. The van der Waals surface area contributed by atoms with Crippen LogP contribution in [0.5, 0.6) is 0 Å². The lowest BCUT2D eigenvalue weighted by Gasteiger charge is -2.32. The summed E-state index contributed by atoms with van der Waals surface area (Å²) in [6.07, 6.45) is 1.17. The molecule has 0 saturated carbocycles. The molecule has 0 unspecified atom stereocenters. The van der Waals surface area contributed by atoms with Gasteiger partial charge in [0.2, 0.25) is 0 Å². The molecule has 0 radical (unpaired) electrons. The van der Waals surface area contributed by atoms with E-state index in [-0.39, 0.29) is 17.8 Å². The van der Waals surface area contributed by atoms with Crippen LogP contribution in [0.4, 0.5) is 16.2 Å². The Morgan fingerprint density at radius 3 is 2.71 bits per heavy atom. The normalized spacial score (nSPS) is 14.8. The third-order valence-corrected chi connectivity index (χ3v) is 3.93. The summed E-state index contributed by atoms with van der Waals surface area (Å²) < 4.78 is 4.98. The van der Waals surface area contributed by atoms with Gasteiger partial charge in [0.15, 0.2) is 5.11 Å². The fourth-order valence-corrected chi connectivity index (χ4v) is 2.78. The quantitative estimate of drug-likeness (QED) is 0.488. The molecule has 24 heavy (non-hydrogen) atoms. The van der Waals surface area contributed by atoms with E-state index >= 15 is 0 Å². The number of likely N-dealkylation sites (tertiary alicyclic amines) is 1. The number of nitrogens with zero attached hydrogens (tertiary/aromatic N) is 2. The maximum atomic E-state index is 11.7. The zero-order valence-corrected chi connectivity index (χ0v) is 14.2. The number of rotatable bonds is 4. The minimum absolute atomic E-state index is 0.0289. The summed E-state index contributed by atoms with van der Waals surface area (Å²) in [6.45, 7) is 3.31. The average molecular weight is 352 g/mol. The van der Waals surface area contributed by atoms with E-state index in [1.807, 2.05) is 0 Å². The topological polar surface area (TPSA) is 96.7 Å². The highest BCUT2D eigenvalue weighted by Crippen LogP contribution is 2.23. The van der Waals surface area contributed by atoms with Crippen molar-refractivity contribution in [3.8, 4) is 0 Å². The van der Waals surface area contributed by atoms with Crippen molar-refractivity contribution in [3.05, 3.63) is 34.4 Å². The second-order valence-electron chi connectivity index (χ2n) is 5.33. The molecule has 1 saturated heterocycles. The number of hydrogen-bond acceptors (Lipinski definition) is 5. The van der Waals surface area contributed by atoms with Crippen LogP contribution < -0.4 is 10.6 Å². The van der Waals surface area contributed by atoms with E-state index in [9.17, 15) is 14.9 Å². The Balaban J connectivity index is 1.84. The second kappa shape index (κ2) is 8.44. The molecule has 1 heterocycles. The molecule has 9 heteroatoms. The van der Waals surface area contributed by atoms with Crippen molar-refractivity contribution in [2.75, 3.05) is 25.0 Å². The van der Waals surface area contributed by atoms with Crippen LogP contribution in [-0.2, 0) is 4.74 Å². The third kappa shape index (κ3) is 4.79. The van der Waals surface area contributed by atoms with Gasteiger partial charge in [0, 0.05) is 25.2 Å². The summed E-state index contributed by atoms with van der Waals surface area (Å²) in [5.41, 5.74) is 0.322. The molecule has 1 aliphatic heterocycles. The van der Waals surface area contributed by atoms with Gasteiger partial charge in [-0.3, -0.25) is 10.1 Å². The molecule has 0 atom stereocenters. The summed E-state index contributed by atoms with van der Waals surface area (Å²) in [6, 6.07) is 6.44. The number of ether oxygens (including phenoxy) is 1. The lowest BCUT2D eigenvalue weighted by atomic mass is 10.1. The minimum Gasteiger partial charge on any atom is -0.450 e. The van der Waals surface area contributed by atoms with E-state index in [1.54, 1.807) is 30.0 Å². The molecular weight excluding hydrogens is 332 g/mol. The van der Waals surface area contributed by atoms with Crippen molar-refractivity contribution in [2.45, 2.75) is 25.8 Å². The van der Waals surface area contributed by atoms with E-state index in [1.165, 1.54) is 6.07 Å². The predicted octanol–water partition coefficient (Wildman–Crippen LogP) is 2.50. The first kappa shape index (κ1) is 17.9. The zero-order chi connectivity index (χ0) is 17.5. The van der Waals surface area contributed by atoms with Crippen molar-refractivity contribution in [1.82, 2.24) is 10.2 Å². The van der Waals surface area contributed by atoms with Crippen molar-refractivity contribution in [3.63, 3.8) is 0 Å². The lowest BCUT2D eigenvalue weighted by Crippen LogP contribution is -2.47. The van der Waals surface area contributed by atoms with E-state index < -0.39 is 4.92 Å². The fourth-order valence-electron chi connectivity index (χ4n) is 2.50. The Morgan fingerprint density at radius 1 is 1.42 bits per heavy atom. The van der Waals surface area contributed by atoms with Crippen molar-refractivity contribution < 1.29 is 14.5 Å². The molecule has 1 aromatic rings. The molecule has 0 aliphatic carbocycles. The van der Waals surface area contributed by atoms with E-state index in [0.29, 0.717) is 30.5 Å². The lowest BCUT2D eigenvalue weighted by molar-refractivity contribution is -0.383. The molecule has 130 valence electrons. The van der Waals surface area contributed by atoms with Gasteiger partial charge in [-0.1, -0.05) is 12.1 Å². The van der Waals surface area contributed by atoms with Crippen molar-refractivity contribution in [2.24, 2.45) is 0 Å². The van der Waals surface area contributed by atoms with Gasteiger partial charge >= 0.3 is 6.09 Å². The molecule has 1 fully saturated rings. The largest absolute Gasteiger partial charge is 0.450 e. The Labute approximate surface area is 145 Å². The van der Waals surface area contributed by atoms with E-state index in [2.05, 4.69) is 10.6 Å². The number of nitrogens with one attached hydrogen (secondary N) is 2. The molecule has 2 N–H and O–H groups in total. The average Bonchev–Trinajstić information content (AvgIpc) is 2.56. The molecule has 1 aliphatic rings. The highest BCUT2D eigenvalue weighted by atomic mass is 32.1. The Bertz CT molecular complexity index is 617. The Kier molecular flexibility index (Phi) is 6.30. The molecule has 1 amide bonds. The summed E-state index contributed by atoms with van der Waals surface area (Å²) in [4.78, 5) is 23.9. The van der Waals surface area contributed by atoms with E-state index in [4.69, 9.17) is 17.0 Å². The number of amides is 1. The number of para-hydroxylation sites is 2. The summed E-state index contributed by atoms with van der Waals surface area (Å²) in [5.74, 6) is 0. The van der Waals surface area contributed by atoms with Crippen LogP contribution >= 0.6 is 12.2 Å². The van der Waals surface area contributed by atoms with Crippen LogP contribution in [-0.4, -0.2) is 46.8 Å². The Morgan fingerprint density at radius 2 is 2.08 bits per heavy atom. The molecule has 2 rings (SSSR count). The standard InChI is InChI=1S/C15H20N4O4S/c1-2-23-15(20)18-9-7-11(8-10-18)16-14(24)17-12-5-3-4-6-13(12)19(21)22/h3-6,11H,2,7-10H2,1H3,(H2,16,17,24). The number of benzene rings is 1. The van der Waals surface area contributed by atoms with Gasteiger partial charge in [-0.25, -0.2) is 4.79 Å². The number of nitro groups is 1. The molecule has 0 aromatic heterocycles. The summed E-state index contributed by atoms with van der Waals surface area (Å²) >= 11 is 5.24. The summed E-state index contributed by atoms with van der Waals surface area (Å²) in [5, 5.41) is 17.3. The first-order valence-corrected chi connectivity index (χ1v) is 8.14. The number of nitro benzene ring substituents is 1. The minimum atomic E-state index is -0.456. The molecule has 0 spiro atoms. The van der Waals surface area contributed by atoms with Crippen molar-refractivity contribution in [1.29, 1.82) is 0 Å². The number of carbonyl (C=O) groups is 1. The van der Waals surface area contributed by atoms with Crippen LogP contribution in [0.3, 0.4) is 0 Å². The van der Waals surface area contributed by atoms with Gasteiger partial charge in [-0.15, -0.1) is 0 Å². The third-order valence-electron chi connectivity index (χ3n) is 3.71. The number of anilines is 1. The highest BCUT2D eigenvalue weighted by Gasteiger charge is 2.24. The number of piperidine rings is 1. The van der Waals surface area contributed by atoms with Gasteiger partial charge in [0.25, 0.3) is 5.69 Å². The van der Waals surface area contributed by atoms with Gasteiger partial charge in [0.1, 0.15) is 5.69 Å². The van der Waals surface area contributed by atoms with Gasteiger partial charge < -0.3 is 20.3 Å². The van der Waals surface area contributed by atoms with Gasteiger partial charge in [-0.05, 0) is 38.0 Å². The molecule has 8 nitrogen and oxygen atoms in total. The maximum absolute atomic E-state index is 11.7. The van der Waals surface area contributed by atoms with Crippen LogP contribution in [0, 0.1) is 10.1 Å². The van der Waals surface area contributed by atoms with Crippen LogP contribution in [0.2, 0.25) is 0 Å². The van der Waals surface area contributed by atoms with Gasteiger partial charge in [-0.2, -0.15) is 0 Å². The summed E-state index contributed by atoms with van der Waals surface area (Å²) in [7, 11) is 0. The molecule has 0 bridgehead atoms. The monoisotopic (exact) mass is 352 g/mol. The molecular formula is C15H20N4O4S. The van der Waals surface area contributed by atoms with Crippen LogP contribution in [0.1, 0.15) is 19.8 Å². The van der Waals surface area contributed by atoms with Crippen LogP contribution in [0.25, 0.3) is 0 Å². The van der Waals surface area contributed by atoms with E-state index in [0.717, 1.165) is 12.8 Å². The number of thiocarbonyl (C=S) groups is 1. The first-order chi connectivity index (χ1) is 11.5. The highest BCUT2D eigenvalue weighted by molar-refractivity contribution is 7.80. The molecule has 1 aromatic carbocycles. The number of hydrogen-bond donors (Lipinski definition) is 2. The zero-order valence-electron chi connectivity index (χ0n) is 13.4. The second-order valence-corrected chi connectivity index (χ2v) is 5.74. The number of carbonyl (C=O) groups excluding carboxylic acids is 1. The fraction of sp³-hybridized carbons (Fsp3) is 0.467. The predicted molar refractivity (Wildman–Crippen MR) is 94.1 cm³/mol. The maximum Gasteiger partial charge on any atom is 0.409 e. The Hall–Kier alpha value is -2.42. The smallest absolute Gasteiger partial charge is 0.409 e. The van der Waals surface area contributed by atoms with Crippen LogP contribution in [0.15, 0.2) is 24.3 Å². The van der Waals surface area contributed by atoms with Crippen molar-refractivity contribution >= 4 is 34.8 Å². The first-order valence-electron chi connectivity index (χ1n) is 7.74. The van der Waals surface area contributed by atoms with Gasteiger partial charge in [0.05, 0.1) is 11.5 Å².